The second-order valence-corrected chi connectivity index (χ2v) is 5.44. The molecule has 0 spiro atoms. The van der Waals surface area contributed by atoms with E-state index >= 15 is 0 Å². The van der Waals surface area contributed by atoms with E-state index in [1.807, 2.05) is 6.07 Å². The standard InChI is InChI=1S/C11H13N3O3S/c1-18(16,17)14-7-6-13-11(15)10-4-2-9(8-12)3-5-10/h2-5,14H,6-7H2,1H3,(H,13,15). The Bertz CT molecular complexity index is 558. The molecule has 0 aliphatic rings. The van der Waals surface area contributed by atoms with Crippen molar-refractivity contribution in [1.82, 2.24) is 10.0 Å². The Labute approximate surface area is 106 Å². The Morgan fingerprint density at radius 1 is 1.28 bits per heavy atom. The summed E-state index contributed by atoms with van der Waals surface area (Å²) in [5, 5.41) is 11.2. The van der Waals surface area contributed by atoms with E-state index in [-0.39, 0.29) is 19.0 Å². The molecular weight excluding hydrogens is 254 g/mol. The second-order valence-electron chi connectivity index (χ2n) is 3.61. The molecule has 6 nitrogen and oxygen atoms in total. The molecule has 2 N–H and O–H groups in total. The van der Waals surface area contributed by atoms with Gasteiger partial charge in [-0.25, -0.2) is 13.1 Å². The topological polar surface area (TPSA) is 99.1 Å². The number of hydrogen-bond donors (Lipinski definition) is 2. The van der Waals surface area contributed by atoms with Gasteiger partial charge in [-0.05, 0) is 24.3 Å². The molecule has 0 saturated heterocycles. The zero-order valence-corrected chi connectivity index (χ0v) is 10.6. The third-order valence-electron chi connectivity index (χ3n) is 2.05. The summed E-state index contributed by atoms with van der Waals surface area (Å²) >= 11 is 0. The summed E-state index contributed by atoms with van der Waals surface area (Å²) in [5.74, 6) is -0.310. The molecule has 0 unspecified atom stereocenters. The van der Waals surface area contributed by atoms with Gasteiger partial charge in [-0.15, -0.1) is 0 Å². The Kier molecular flexibility index (Phi) is 4.83. The van der Waals surface area contributed by atoms with Gasteiger partial charge in [-0.1, -0.05) is 0 Å². The fourth-order valence-corrected chi connectivity index (χ4v) is 1.68. The van der Waals surface area contributed by atoms with Gasteiger partial charge in [0.1, 0.15) is 0 Å². The molecule has 7 heteroatoms. The minimum absolute atomic E-state index is 0.140. The van der Waals surface area contributed by atoms with Crippen molar-refractivity contribution < 1.29 is 13.2 Å². The van der Waals surface area contributed by atoms with E-state index in [9.17, 15) is 13.2 Å². The van der Waals surface area contributed by atoms with Crippen molar-refractivity contribution in [3.8, 4) is 6.07 Å². The zero-order chi connectivity index (χ0) is 13.6. The van der Waals surface area contributed by atoms with Crippen LogP contribution < -0.4 is 10.0 Å². The van der Waals surface area contributed by atoms with Gasteiger partial charge in [-0.3, -0.25) is 4.79 Å². The number of carbonyl (C=O) groups is 1. The molecule has 0 atom stereocenters. The van der Waals surface area contributed by atoms with Gasteiger partial charge in [0, 0.05) is 18.7 Å². The SMILES string of the molecule is CS(=O)(=O)NCCNC(=O)c1ccc(C#N)cc1. The molecule has 1 aromatic rings. The van der Waals surface area contributed by atoms with Crippen LogP contribution in [-0.2, 0) is 10.0 Å². The molecule has 0 heterocycles. The number of rotatable bonds is 5. The molecule has 18 heavy (non-hydrogen) atoms. The first-order valence-corrected chi connectivity index (χ1v) is 7.04. The number of nitrogens with one attached hydrogen (secondary N) is 2. The van der Waals surface area contributed by atoms with Gasteiger partial charge in [-0.2, -0.15) is 5.26 Å². The quantitative estimate of drug-likeness (QED) is 0.724. The normalized spacial score (nSPS) is 10.7. The number of carbonyl (C=O) groups excluding carboxylic acids is 1. The molecule has 0 bridgehead atoms. The molecular formula is C11H13N3O3S. The first-order valence-electron chi connectivity index (χ1n) is 5.15. The van der Waals surface area contributed by atoms with E-state index in [0.717, 1.165) is 6.26 Å². The lowest BCUT2D eigenvalue weighted by Gasteiger charge is -2.05. The van der Waals surface area contributed by atoms with Crippen LogP contribution in [0.4, 0.5) is 0 Å². The summed E-state index contributed by atoms with van der Waals surface area (Å²) in [4.78, 5) is 11.6. The number of sulfonamides is 1. The van der Waals surface area contributed by atoms with Crippen molar-refractivity contribution in [3.05, 3.63) is 35.4 Å². The Morgan fingerprint density at radius 3 is 2.39 bits per heavy atom. The highest BCUT2D eigenvalue weighted by atomic mass is 32.2. The van der Waals surface area contributed by atoms with Gasteiger partial charge in [0.2, 0.25) is 10.0 Å². The molecule has 0 aliphatic carbocycles. The van der Waals surface area contributed by atoms with E-state index in [1.165, 1.54) is 12.1 Å². The number of amides is 1. The van der Waals surface area contributed by atoms with Gasteiger partial charge >= 0.3 is 0 Å². The van der Waals surface area contributed by atoms with Crippen LogP contribution in [0.25, 0.3) is 0 Å². The van der Waals surface area contributed by atoms with Crippen LogP contribution in [0.2, 0.25) is 0 Å². The first kappa shape index (κ1) is 14.2. The van der Waals surface area contributed by atoms with Crippen molar-refractivity contribution in [3.63, 3.8) is 0 Å². The maximum Gasteiger partial charge on any atom is 0.251 e. The molecule has 1 aromatic carbocycles. The van der Waals surface area contributed by atoms with Crippen LogP contribution in [0, 0.1) is 11.3 Å². The van der Waals surface area contributed by atoms with Crippen molar-refractivity contribution >= 4 is 15.9 Å². The molecule has 1 rings (SSSR count). The van der Waals surface area contributed by atoms with Gasteiger partial charge < -0.3 is 5.32 Å². The average Bonchev–Trinajstić information content (AvgIpc) is 2.33. The Balaban J connectivity index is 2.43. The summed E-state index contributed by atoms with van der Waals surface area (Å²) in [5.41, 5.74) is 0.902. The minimum atomic E-state index is -3.23. The minimum Gasteiger partial charge on any atom is -0.351 e. The third-order valence-corrected chi connectivity index (χ3v) is 2.78. The van der Waals surface area contributed by atoms with E-state index in [2.05, 4.69) is 10.0 Å². The van der Waals surface area contributed by atoms with Crippen molar-refractivity contribution in [2.75, 3.05) is 19.3 Å². The fourth-order valence-electron chi connectivity index (χ4n) is 1.21. The second kappa shape index (κ2) is 6.14. The van der Waals surface area contributed by atoms with Gasteiger partial charge in [0.05, 0.1) is 17.9 Å². The maximum atomic E-state index is 11.6. The predicted octanol–water partition coefficient (Wildman–Crippen LogP) is -0.163. The van der Waals surface area contributed by atoms with Crippen LogP contribution in [0.5, 0.6) is 0 Å². The van der Waals surface area contributed by atoms with Crippen LogP contribution in [0.3, 0.4) is 0 Å². The maximum absolute atomic E-state index is 11.6. The van der Waals surface area contributed by atoms with Crippen LogP contribution in [0.15, 0.2) is 24.3 Å². The molecule has 0 fully saturated rings. The third kappa shape index (κ3) is 4.95. The first-order chi connectivity index (χ1) is 8.42. The highest BCUT2D eigenvalue weighted by molar-refractivity contribution is 7.88. The zero-order valence-electron chi connectivity index (χ0n) is 9.80. The lowest BCUT2D eigenvalue weighted by atomic mass is 10.1. The number of nitriles is 1. The highest BCUT2D eigenvalue weighted by Crippen LogP contribution is 2.02. The number of benzene rings is 1. The molecule has 1 amide bonds. The fraction of sp³-hybridized carbons (Fsp3) is 0.273. The Hall–Kier alpha value is -1.91. The molecule has 0 aliphatic heterocycles. The molecule has 0 saturated carbocycles. The van der Waals surface area contributed by atoms with Crippen LogP contribution in [-0.4, -0.2) is 33.7 Å². The van der Waals surface area contributed by atoms with Crippen LogP contribution in [0.1, 0.15) is 15.9 Å². The van der Waals surface area contributed by atoms with Gasteiger partial charge in [0.25, 0.3) is 5.91 Å². The van der Waals surface area contributed by atoms with Crippen molar-refractivity contribution in [1.29, 1.82) is 5.26 Å². The van der Waals surface area contributed by atoms with Crippen LogP contribution >= 0.6 is 0 Å². The number of nitrogens with zero attached hydrogens (tertiary/aromatic N) is 1. The lowest BCUT2D eigenvalue weighted by Crippen LogP contribution is -2.34. The molecule has 0 aromatic heterocycles. The molecule has 96 valence electrons. The molecule has 0 radical (unpaired) electrons. The average molecular weight is 267 g/mol. The van der Waals surface area contributed by atoms with Crippen molar-refractivity contribution in [2.24, 2.45) is 0 Å². The monoisotopic (exact) mass is 267 g/mol. The predicted molar refractivity (Wildman–Crippen MR) is 66.3 cm³/mol. The smallest absolute Gasteiger partial charge is 0.251 e. The Morgan fingerprint density at radius 2 is 1.89 bits per heavy atom. The number of hydrogen-bond acceptors (Lipinski definition) is 4. The summed E-state index contributed by atoms with van der Waals surface area (Å²) < 4.78 is 23.8. The van der Waals surface area contributed by atoms with E-state index in [1.54, 1.807) is 12.1 Å². The largest absolute Gasteiger partial charge is 0.351 e. The summed E-state index contributed by atoms with van der Waals surface area (Å²) in [7, 11) is -3.23. The van der Waals surface area contributed by atoms with E-state index < -0.39 is 10.0 Å². The summed E-state index contributed by atoms with van der Waals surface area (Å²) in [6.45, 7) is 0.340. The van der Waals surface area contributed by atoms with Crippen molar-refractivity contribution in [2.45, 2.75) is 0 Å². The lowest BCUT2D eigenvalue weighted by molar-refractivity contribution is 0.0954. The summed E-state index contributed by atoms with van der Waals surface area (Å²) in [6, 6.07) is 8.12. The summed E-state index contributed by atoms with van der Waals surface area (Å²) in [6.07, 6.45) is 1.05. The van der Waals surface area contributed by atoms with Gasteiger partial charge in [0.15, 0.2) is 0 Å². The highest BCUT2D eigenvalue weighted by Gasteiger charge is 2.05. The van der Waals surface area contributed by atoms with E-state index in [4.69, 9.17) is 5.26 Å². The van der Waals surface area contributed by atoms with E-state index in [0.29, 0.717) is 11.1 Å².